The van der Waals surface area contributed by atoms with Crippen molar-refractivity contribution in [2.24, 2.45) is 0 Å². The number of carbonyl (C=O) groups is 1. The number of hydrogen-bond donors (Lipinski definition) is 1. The molecule has 0 spiro atoms. The van der Waals surface area contributed by atoms with Gasteiger partial charge in [0.2, 0.25) is 0 Å². The quantitative estimate of drug-likeness (QED) is 0.866. The fourth-order valence-electron chi connectivity index (χ4n) is 1.54. The van der Waals surface area contributed by atoms with Crippen molar-refractivity contribution in [1.29, 1.82) is 5.26 Å². The summed E-state index contributed by atoms with van der Waals surface area (Å²) in [5.41, 5.74) is 1.09. The highest BCUT2D eigenvalue weighted by Gasteiger charge is 2.10. The van der Waals surface area contributed by atoms with Crippen molar-refractivity contribution in [1.82, 2.24) is 0 Å². The van der Waals surface area contributed by atoms with Crippen LogP contribution in [0.2, 0.25) is 0 Å². The van der Waals surface area contributed by atoms with E-state index >= 15 is 0 Å². The van der Waals surface area contributed by atoms with Gasteiger partial charge in [0.1, 0.15) is 11.1 Å². The lowest BCUT2D eigenvalue weighted by Crippen LogP contribution is -2.11. The zero-order chi connectivity index (χ0) is 13.7. The molecule has 3 nitrogen and oxygen atoms in total. The van der Waals surface area contributed by atoms with E-state index in [2.05, 4.69) is 18.3 Å². The van der Waals surface area contributed by atoms with E-state index in [1.807, 2.05) is 12.1 Å². The second-order valence-corrected chi connectivity index (χ2v) is 5.94. The standard InChI is InChI=1S/C14H12N2OS2/c1-2-18-12-5-3-10(4-6-12)13(17)16-14-11(9-15)7-8-19-14/h3-8H,2H2,1H3,(H,16,17). The number of benzene rings is 1. The first kappa shape index (κ1) is 13.7. The molecule has 0 saturated heterocycles. The number of thiophene rings is 1. The number of carbonyl (C=O) groups excluding carboxylic acids is 1. The summed E-state index contributed by atoms with van der Waals surface area (Å²) in [4.78, 5) is 13.2. The lowest BCUT2D eigenvalue weighted by atomic mass is 10.2. The van der Waals surface area contributed by atoms with Crippen LogP contribution in [0.15, 0.2) is 40.6 Å². The summed E-state index contributed by atoms with van der Waals surface area (Å²) in [5.74, 6) is 0.818. The van der Waals surface area contributed by atoms with Gasteiger partial charge in [0.15, 0.2) is 0 Å². The summed E-state index contributed by atoms with van der Waals surface area (Å²) in [6, 6.07) is 11.2. The average Bonchev–Trinajstić information content (AvgIpc) is 2.87. The smallest absolute Gasteiger partial charge is 0.256 e. The van der Waals surface area contributed by atoms with Crippen LogP contribution in [0.3, 0.4) is 0 Å². The number of thioether (sulfide) groups is 1. The second kappa shape index (κ2) is 6.41. The molecule has 0 aliphatic heterocycles. The molecule has 0 aliphatic rings. The van der Waals surface area contributed by atoms with E-state index in [1.165, 1.54) is 11.3 Å². The van der Waals surface area contributed by atoms with Crippen LogP contribution < -0.4 is 5.32 Å². The van der Waals surface area contributed by atoms with Gasteiger partial charge in [-0.15, -0.1) is 23.1 Å². The van der Waals surface area contributed by atoms with Crippen molar-refractivity contribution >= 4 is 34.0 Å². The maximum Gasteiger partial charge on any atom is 0.256 e. The molecule has 1 heterocycles. The molecule has 1 amide bonds. The van der Waals surface area contributed by atoms with Gasteiger partial charge in [-0.3, -0.25) is 4.79 Å². The molecule has 0 bridgehead atoms. The summed E-state index contributed by atoms with van der Waals surface area (Å²) in [7, 11) is 0. The number of nitrogens with zero attached hydrogens (tertiary/aromatic N) is 1. The minimum Gasteiger partial charge on any atom is -0.312 e. The van der Waals surface area contributed by atoms with Gasteiger partial charge in [0.25, 0.3) is 5.91 Å². The zero-order valence-corrected chi connectivity index (χ0v) is 12.0. The summed E-state index contributed by atoms with van der Waals surface area (Å²) in [6.07, 6.45) is 0. The van der Waals surface area contributed by atoms with Crippen LogP contribution in [-0.2, 0) is 0 Å². The molecule has 1 aromatic carbocycles. The summed E-state index contributed by atoms with van der Waals surface area (Å²) < 4.78 is 0. The van der Waals surface area contributed by atoms with Crippen LogP contribution in [0.5, 0.6) is 0 Å². The Kier molecular flexibility index (Phi) is 4.61. The summed E-state index contributed by atoms with van der Waals surface area (Å²) >= 11 is 3.08. The Labute approximate surface area is 120 Å². The number of nitriles is 1. The zero-order valence-electron chi connectivity index (χ0n) is 10.3. The van der Waals surface area contributed by atoms with E-state index < -0.39 is 0 Å². The SMILES string of the molecule is CCSc1ccc(C(=O)Nc2sccc2C#N)cc1. The van der Waals surface area contributed by atoms with Gasteiger partial charge < -0.3 is 5.32 Å². The van der Waals surface area contributed by atoms with Crippen LogP contribution >= 0.6 is 23.1 Å². The lowest BCUT2D eigenvalue weighted by Gasteiger charge is -2.04. The van der Waals surface area contributed by atoms with E-state index in [-0.39, 0.29) is 5.91 Å². The van der Waals surface area contributed by atoms with Gasteiger partial charge in [-0.2, -0.15) is 5.26 Å². The Balaban J connectivity index is 2.10. The van der Waals surface area contributed by atoms with Gasteiger partial charge >= 0.3 is 0 Å². The van der Waals surface area contributed by atoms with Crippen molar-refractivity contribution in [3.8, 4) is 6.07 Å². The Morgan fingerprint density at radius 2 is 2.11 bits per heavy atom. The minimum atomic E-state index is -0.188. The molecule has 1 N–H and O–H groups in total. The lowest BCUT2D eigenvalue weighted by molar-refractivity contribution is 0.102. The Morgan fingerprint density at radius 3 is 2.74 bits per heavy atom. The van der Waals surface area contributed by atoms with Gasteiger partial charge in [-0.25, -0.2) is 0 Å². The highest BCUT2D eigenvalue weighted by Crippen LogP contribution is 2.23. The van der Waals surface area contributed by atoms with Gasteiger partial charge in [0, 0.05) is 10.5 Å². The Morgan fingerprint density at radius 1 is 1.37 bits per heavy atom. The monoisotopic (exact) mass is 288 g/mol. The molecular weight excluding hydrogens is 276 g/mol. The molecule has 1 aromatic heterocycles. The average molecular weight is 288 g/mol. The van der Waals surface area contributed by atoms with Crippen molar-refractivity contribution in [2.45, 2.75) is 11.8 Å². The third-order valence-electron chi connectivity index (χ3n) is 2.44. The van der Waals surface area contributed by atoms with Crippen LogP contribution in [0.4, 0.5) is 5.00 Å². The first-order chi connectivity index (χ1) is 9.24. The number of nitrogens with one attached hydrogen (secondary N) is 1. The molecule has 0 fully saturated rings. The molecule has 96 valence electrons. The second-order valence-electron chi connectivity index (χ2n) is 3.69. The molecule has 0 radical (unpaired) electrons. The van der Waals surface area contributed by atoms with Gasteiger partial charge in [-0.05, 0) is 41.5 Å². The van der Waals surface area contributed by atoms with Crippen molar-refractivity contribution < 1.29 is 4.79 Å². The predicted molar refractivity (Wildman–Crippen MR) is 79.8 cm³/mol. The molecule has 2 aromatic rings. The molecule has 2 rings (SSSR count). The molecule has 0 aliphatic carbocycles. The third-order valence-corrected chi connectivity index (χ3v) is 4.16. The van der Waals surface area contributed by atoms with E-state index in [1.54, 1.807) is 35.3 Å². The highest BCUT2D eigenvalue weighted by atomic mass is 32.2. The first-order valence-corrected chi connectivity index (χ1v) is 7.63. The Bertz CT molecular complexity index is 611. The predicted octanol–water partition coefficient (Wildman–Crippen LogP) is 3.98. The van der Waals surface area contributed by atoms with E-state index in [0.717, 1.165) is 10.6 Å². The van der Waals surface area contributed by atoms with Crippen LogP contribution in [-0.4, -0.2) is 11.7 Å². The number of rotatable bonds is 4. The molecule has 5 heteroatoms. The number of amides is 1. The van der Waals surface area contributed by atoms with Crippen LogP contribution in [0, 0.1) is 11.3 Å². The van der Waals surface area contributed by atoms with E-state index in [9.17, 15) is 4.79 Å². The molecular formula is C14H12N2OS2. The van der Waals surface area contributed by atoms with Crippen molar-refractivity contribution in [3.63, 3.8) is 0 Å². The third kappa shape index (κ3) is 3.37. The largest absolute Gasteiger partial charge is 0.312 e. The molecule has 19 heavy (non-hydrogen) atoms. The topological polar surface area (TPSA) is 52.9 Å². The molecule has 0 saturated carbocycles. The normalized spacial score (nSPS) is 9.89. The fraction of sp³-hybridized carbons (Fsp3) is 0.143. The van der Waals surface area contributed by atoms with Gasteiger partial charge in [-0.1, -0.05) is 6.92 Å². The molecule has 0 atom stereocenters. The summed E-state index contributed by atoms with van der Waals surface area (Å²) in [6.45, 7) is 2.09. The first-order valence-electron chi connectivity index (χ1n) is 5.76. The van der Waals surface area contributed by atoms with Crippen LogP contribution in [0.25, 0.3) is 0 Å². The van der Waals surface area contributed by atoms with E-state index in [0.29, 0.717) is 16.1 Å². The number of anilines is 1. The highest BCUT2D eigenvalue weighted by molar-refractivity contribution is 7.99. The van der Waals surface area contributed by atoms with Gasteiger partial charge in [0.05, 0.1) is 5.56 Å². The maximum absolute atomic E-state index is 12.0. The van der Waals surface area contributed by atoms with Crippen LogP contribution in [0.1, 0.15) is 22.8 Å². The number of hydrogen-bond acceptors (Lipinski definition) is 4. The van der Waals surface area contributed by atoms with Crippen molar-refractivity contribution in [3.05, 3.63) is 46.8 Å². The van der Waals surface area contributed by atoms with E-state index in [4.69, 9.17) is 5.26 Å². The molecule has 0 unspecified atom stereocenters. The van der Waals surface area contributed by atoms with Crippen molar-refractivity contribution in [2.75, 3.05) is 11.1 Å². The maximum atomic E-state index is 12.0. The fourth-order valence-corrected chi connectivity index (χ4v) is 2.93. The summed E-state index contributed by atoms with van der Waals surface area (Å²) in [5, 5.41) is 14.0. The minimum absolute atomic E-state index is 0.188. The Hall–Kier alpha value is -1.77.